The Morgan fingerprint density at radius 3 is 1.88 bits per heavy atom. The van der Waals surface area contributed by atoms with Gasteiger partial charge in [0.2, 0.25) is 0 Å². The molecule has 0 saturated carbocycles. The Bertz CT molecular complexity index is 636. The highest BCUT2D eigenvalue weighted by Crippen LogP contribution is 2.27. The molecule has 0 unspecified atom stereocenters. The fourth-order valence-electron chi connectivity index (χ4n) is 2.31. The summed E-state index contributed by atoms with van der Waals surface area (Å²) < 4.78 is 12.0. The molecule has 7 nitrogen and oxygen atoms in total. The monoisotopic (exact) mass is 353 g/mol. The van der Waals surface area contributed by atoms with E-state index in [9.17, 15) is 9.59 Å². The molecule has 0 N–H and O–H groups in total. The van der Waals surface area contributed by atoms with Gasteiger partial charge in [-0.15, -0.1) is 0 Å². The number of ether oxygens (including phenoxy) is 2. The van der Waals surface area contributed by atoms with E-state index in [1.54, 1.807) is 25.7 Å². The van der Waals surface area contributed by atoms with Gasteiger partial charge in [0.25, 0.3) is 0 Å². The van der Waals surface area contributed by atoms with Crippen molar-refractivity contribution in [2.75, 3.05) is 0 Å². The topological polar surface area (TPSA) is 73.7 Å². The highest BCUT2D eigenvalue weighted by molar-refractivity contribution is 5.73. The number of fused-ring (bicyclic) bond motifs is 1. The van der Waals surface area contributed by atoms with Crippen LogP contribution in [-0.2, 0) is 22.6 Å². The van der Waals surface area contributed by atoms with Crippen molar-refractivity contribution in [1.29, 1.82) is 0 Å². The van der Waals surface area contributed by atoms with E-state index < -0.39 is 23.4 Å². The average Bonchev–Trinajstić information content (AvgIpc) is 2.98. The molecule has 0 bridgehead atoms. The Morgan fingerprint density at radius 1 is 0.920 bits per heavy atom. The van der Waals surface area contributed by atoms with Crippen LogP contribution in [0.15, 0.2) is 0 Å². The molecule has 0 spiro atoms. The summed E-state index contributed by atoms with van der Waals surface area (Å²) >= 11 is 0. The summed E-state index contributed by atoms with van der Waals surface area (Å²) in [5, 5.41) is 4.25. The molecule has 0 saturated heterocycles. The third-order valence-electron chi connectivity index (χ3n) is 3.20. The molecule has 2 rings (SSSR count). The Hall–Kier alpha value is -2.05. The van der Waals surface area contributed by atoms with Crippen LogP contribution in [0.4, 0.5) is 9.59 Å². The molecule has 2 heterocycles. The summed E-state index contributed by atoms with van der Waals surface area (Å²) in [5.74, 6) is 0. The first-order chi connectivity index (χ1) is 11.4. The van der Waals surface area contributed by atoms with Gasteiger partial charge in [-0.05, 0) is 48.5 Å². The summed E-state index contributed by atoms with van der Waals surface area (Å²) in [4.78, 5) is 26.0. The summed E-state index contributed by atoms with van der Waals surface area (Å²) in [6.07, 6.45) is -0.934. The van der Waals surface area contributed by atoms with E-state index in [1.165, 1.54) is 4.68 Å². The molecule has 0 aliphatic carbocycles. The van der Waals surface area contributed by atoms with E-state index in [-0.39, 0.29) is 6.54 Å². The average molecular weight is 353 g/mol. The maximum atomic E-state index is 12.3. The normalized spacial score (nSPS) is 13.7. The number of hydrogen-bond acceptors (Lipinski definition) is 5. The zero-order valence-electron chi connectivity index (χ0n) is 16.9. The molecule has 0 radical (unpaired) electrons. The first-order valence-electron chi connectivity index (χ1n) is 8.66. The van der Waals surface area contributed by atoms with Gasteiger partial charge in [0.1, 0.15) is 11.2 Å². The quantitative estimate of drug-likeness (QED) is 0.697. The van der Waals surface area contributed by atoms with Crippen LogP contribution in [0.5, 0.6) is 0 Å². The lowest BCUT2D eigenvalue weighted by atomic mass is 10.2. The van der Waals surface area contributed by atoms with Gasteiger partial charge in [0.15, 0.2) is 0 Å². The maximum absolute atomic E-state index is 12.3. The highest BCUT2D eigenvalue weighted by atomic mass is 16.6. The van der Waals surface area contributed by atoms with Gasteiger partial charge >= 0.3 is 12.2 Å². The second kappa shape index (κ2) is 7.45. The molecule has 1 aromatic rings. The standard InChI is InChI=1S/C16H25N3O4.C2H6/c1-10-11-8-18(13(20)22-15(2,3)4)9-12(11)19(17-10)14(21)23-16(5,6)7;1-2/h8-9H2,1-7H3;1-2H3. The fraction of sp³-hybridized carbons (Fsp3) is 0.722. The molecule has 0 atom stereocenters. The number of hydrogen-bond donors (Lipinski definition) is 0. The Morgan fingerprint density at radius 2 is 1.40 bits per heavy atom. The number of amides is 1. The van der Waals surface area contributed by atoms with Crippen molar-refractivity contribution in [3.63, 3.8) is 0 Å². The minimum absolute atomic E-state index is 0.282. The Labute approximate surface area is 150 Å². The highest BCUT2D eigenvalue weighted by Gasteiger charge is 2.34. The predicted octanol–water partition coefficient (Wildman–Crippen LogP) is 4.25. The third kappa shape index (κ3) is 5.47. The first-order valence-corrected chi connectivity index (χ1v) is 8.66. The number of rotatable bonds is 0. The number of aryl methyl sites for hydroxylation is 1. The lowest BCUT2D eigenvalue weighted by Gasteiger charge is -2.24. The summed E-state index contributed by atoms with van der Waals surface area (Å²) in [7, 11) is 0. The van der Waals surface area contributed by atoms with Crippen LogP contribution in [0.2, 0.25) is 0 Å². The summed E-state index contributed by atoms with van der Waals surface area (Å²) in [6, 6.07) is 0. The molecular weight excluding hydrogens is 322 g/mol. The molecule has 1 aliphatic rings. The second-order valence-electron chi connectivity index (χ2n) is 7.74. The van der Waals surface area contributed by atoms with E-state index in [2.05, 4.69) is 5.10 Å². The lowest BCUT2D eigenvalue weighted by Crippen LogP contribution is -2.34. The van der Waals surface area contributed by atoms with Crippen molar-refractivity contribution >= 4 is 12.2 Å². The summed E-state index contributed by atoms with van der Waals surface area (Å²) in [5.41, 5.74) is 1.12. The van der Waals surface area contributed by atoms with Crippen molar-refractivity contribution in [1.82, 2.24) is 14.7 Å². The second-order valence-corrected chi connectivity index (χ2v) is 7.74. The predicted molar refractivity (Wildman–Crippen MR) is 95.4 cm³/mol. The molecule has 142 valence electrons. The molecule has 7 heteroatoms. The smallest absolute Gasteiger partial charge is 0.435 e. The van der Waals surface area contributed by atoms with Gasteiger partial charge in [0, 0.05) is 5.56 Å². The Kier molecular flexibility index (Phi) is 6.26. The molecule has 0 fully saturated rings. The van der Waals surface area contributed by atoms with E-state index in [1.807, 2.05) is 41.5 Å². The maximum Gasteiger partial charge on any atom is 0.435 e. The lowest BCUT2D eigenvalue weighted by molar-refractivity contribution is 0.0232. The van der Waals surface area contributed by atoms with E-state index in [4.69, 9.17) is 9.47 Å². The van der Waals surface area contributed by atoms with E-state index in [0.717, 1.165) is 11.3 Å². The van der Waals surface area contributed by atoms with Crippen molar-refractivity contribution in [3.05, 3.63) is 17.0 Å². The van der Waals surface area contributed by atoms with Crippen molar-refractivity contribution < 1.29 is 19.1 Å². The molecule has 0 aromatic carbocycles. The summed E-state index contributed by atoms with van der Waals surface area (Å²) in [6.45, 7) is 17.4. The molecule has 1 aliphatic heterocycles. The first kappa shape index (κ1) is 21.0. The van der Waals surface area contributed by atoms with Gasteiger partial charge in [0.05, 0.1) is 24.5 Å². The Balaban J connectivity index is 0.00000151. The minimum Gasteiger partial charge on any atom is -0.444 e. The van der Waals surface area contributed by atoms with Crippen LogP contribution in [-0.4, -0.2) is 38.1 Å². The van der Waals surface area contributed by atoms with Gasteiger partial charge in [-0.2, -0.15) is 9.78 Å². The zero-order valence-corrected chi connectivity index (χ0v) is 16.9. The van der Waals surface area contributed by atoms with Crippen LogP contribution < -0.4 is 0 Å². The van der Waals surface area contributed by atoms with Gasteiger partial charge in [-0.25, -0.2) is 9.59 Å². The number of carbonyl (C=O) groups excluding carboxylic acids is 2. The largest absolute Gasteiger partial charge is 0.444 e. The van der Waals surface area contributed by atoms with Crippen LogP contribution >= 0.6 is 0 Å². The SMILES string of the molecule is CC.Cc1nn(C(=O)OC(C)(C)C)c2c1CN(C(=O)OC(C)(C)C)C2. The van der Waals surface area contributed by atoms with Gasteiger partial charge < -0.3 is 9.47 Å². The number of carbonyl (C=O) groups is 2. The van der Waals surface area contributed by atoms with Crippen molar-refractivity contribution in [2.45, 2.75) is 86.6 Å². The molecule has 1 amide bonds. The van der Waals surface area contributed by atoms with E-state index >= 15 is 0 Å². The van der Waals surface area contributed by atoms with E-state index in [0.29, 0.717) is 12.2 Å². The molecule has 1 aromatic heterocycles. The third-order valence-corrected chi connectivity index (χ3v) is 3.20. The van der Waals surface area contributed by atoms with Crippen LogP contribution in [0.3, 0.4) is 0 Å². The number of nitrogens with zero attached hydrogens (tertiary/aromatic N) is 3. The van der Waals surface area contributed by atoms with Crippen molar-refractivity contribution in [3.8, 4) is 0 Å². The van der Waals surface area contributed by atoms with Gasteiger partial charge in [-0.3, -0.25) is 4.90 Å². The van der Waals surface area contributed by atoms with Crippen LogP contribution in [0, 0.1) is 6.92 Å². The fourth-order valence-corrected chi connectivity index (χ4v) is 2.31. The van der Waals surface area contributed by atoms with Crippen molar-refractivity contribution in [2.24, 2.45) is 0 Å². The number of aromatic nitrogens is 2. The van der Waals surface area contributed by atoms with Gasteiger partial charge in [-0.1, -0.05) is 13.8 Å². The van der Waals surface area contributed by atoms with Crippen LogP contribution in [0.25, 0.3) is 0 Å². The molecular formula is C18H31N3O4. The minimum atomic E-state index is -0.604. The zero-order chi connectivity index (χ0) is 19.6. The van der Waals surface area contributed by atoms with Crippen LogP contribution in [0.1, 0.15) is 72.3 Å². The molecule has 25 heavy (non-hydrogen) atoms.